The SMILES string of the molecule is Cc1ccc(F)c(CC(=O)Cc2ccc(Oc3ccnc(-c4cc(C(=O)O)c[nH]4)c3)cc2F)c1. The number of pyridine rings is 1. The van der Waals surface area contributed by atoms with Gasteiger partial charge < -0.3 is 14.8 Å². The highest BCUT2D eigenvalue weighted by Gasteiger charge is 2.14. The van der Waals surface area contributed by atoms with Crippen LogP contribution in [0.1, 0.15) is 27.0 Å². The van der Waals surface area contributed by atoms with Crippen LogP contribution < -0.4 is 4.74 Å². The second-order valence-electron chi connectivity index (χ2n) is 7.83. The highest BCUT2D eigenvalue weighted by atomic mass is 19.1. The summed E-state index contributed by atoms with van der Waals surface area (Å²) in [7, 11) is 0. The van der Waals surface area contributed by atoms with Crippen LogP contribution in [0.15, 0.2) is 67.0 Å². The molecule has 2 N–H and O–H groups in total. The zero-order valence-electron chi connectivity index (χ0n) is 18.1. The van der Waals surface area contributed by atoms with E-state index < -0.39 is 17.6 Å². The number of aryl methyl sites for hydroxylation is 1. The fraction of sp³-hybridized carbons (Fsp3) is 0.115. The van der Waals surface area contributed by atoms with Crippen molar-refractivity contribution in [3.05, 3.63) is 101 Å². The molecular weight excluding hydrogens is 442 g/mol. The molecular formula is C26H20F2N2O4. The average Bonchev–Trinajstić information content (AvgIpc) is 3.29. The Labute approximate surface area is 193 Å². The summed E-state index contributed by atoms with van der Waals surface area (Å²) in [5.41, 5.74) is 2.36. The number of hydrogen-bond donors (Lipinski definition) is 2. The van der Waals surface area contributed by atoms with Crippen LogP contribution in [0.3, 0.4) is 0 Å². The minimum absolute atomic E-state index is 0.0977. The predicted octanol–water partition coefficient (Wildman–Crippen LogP) is 5.51. The molecule has 2 aromatic carbocycles. The summed E-state index contributed by atoms with van der Waals surface area (Å²) in [5.74, 6) is -1.85. The fourth-order valence-corrected chi connectivity index (χ4v) is 3.48. The summed E-state index contributed by atoms with van der Waals surface area (Å²) in [6, 6.07) is 13.3. The molecule has 2 heterocycles. The Morgan fingerprint density at radius 2 is 1.71 bits per heavy atom. The maximum atomic E-state index is 14.6. The van der Waals surface area contributed by atoms with Gasteiger partial charge in [-0.2, -0.15) is 0 Å². The van der Waals surface area contributed by atoms with Gasteiger partial charge in [-0.25, -0.2) is 13.6 Å². The highest BCUT2D eigenvalue weighted by molar-refractivity contribution is 5.89. The van der Waals surface area contributed by atoms with Gasteiger partial charge in [0.25, 0.3) is 0 Å². The van der Waals surface area contributed by atoms with Crippen molar-refractivity contribution in [2.24, 2.45) is 0 Å². The van der Waals surface area contributed by atoms with Gasteiger partial charge in [0.2, 0.25) is 0 Å². The van der Waals surface area contributed by atoms with Crippen molar-refractivity contribution in [1.29, 1.82) is 0 Å². The molecule has 0 radical (unpaired) electrons. The van der Waals surface area contributed by atoms with Crippen molar-refractivity contribution in [3.63, 3.8) is 0 Å². The molecule has 4 aromatic rings. The highest BCUT2D eigenvalue weighted by Crippen LogP contribution is 2.27. The third kappa shape index (κ3) is 5.35. The van der Waals surface area contributed by atoms with E-state index in [1.54, 1.807) is 24.3 Å². The molecule has 0 aliphatic carbocycles. The third-order valence-electron chi connectivity index (χ3n) is 5.17. The average molecular weight is 462 g/mol. The van der Waals surface area contributed by atoms with Crippen molar-refractivity contribution in [2.45, 2.75) is 19.8 Å². The van der Waals surface area contributed by atoms with Crippen LogP contribution in [-0.2, 0) is 17.6 Å². The summed E-state index contributed by atoms with van der Waals surface area (Å²) in [6.07, 6.45) is 2.56. The van der Waals surface area contributed by atoms with E-state index in [2.05, 4.69) is 9.97 Å². The van der Waals surface area contributed by atoms with E-state index >= 15 is 0 Å². The van der Waals surface area contributed by atoms with E-state index in [1.165, 1.54) is 42.7 Å². The summed E-state index contributed by atoms with van der Waals surface area (Å²) in [5, 5.41) is 9.06. The number of ketones is 1. The van der Waals surface area contributed by atoms with Crippen LogP contribution in [-0.4, -0.2) is 26.8 Å². The first kappa shape index (κ1) is 22.8. The number of benzene rings is 2. The number of hydrogen-bond acceptors (Lipinski definition) is 4. The predicted molar refractivity (Wildman–Crippen MR) is 121 cm³/mol. The number of aromatic nitrogens is 2. The maximum Gasteiger partial charge on any atom is 0.337 e. The number of carbonyl (C=O) groups excluding carboxylic acids is 1. The number of nitrogens with zero attached hydrogens (tertiary/aromatic N) is 1. The standard InChI is InChI=1S/C26H20F2N2O4/c1-15-2-5-22(27)17(8-15)10-19(31)9-16-3-4-20(12-23(16)28)34-21-6-7-29-25(13-21)24-11-18(14-30-24)26(32)33/h2-8,11-14,30H,9-10H2,1H3,(H,32,33). The van der Waals surface area contributed by atoms with Gasteiger partial charge in [-0.05, 0) is 42.3 Å². The molecule has 0 unspecified atom stereocenters. The Balaban J connectivity index is 1.44. The molecule has 0 saturated heterocycles. The van der Waals surface area contributed by atoms with E-state index in [1.807, 2.05) is 6.92 Å². The lowest BCUT2D eigenvalue weighted by Gasteiger charge is -2.09. The number of carboxylic acids is 1. The zero-order chi connectivity index (χ0) is 24.2. The molecule has 0 amide bonds. The van der Waals surface area contributed by atoms with Crippen LogP contribution in [0, 0.1) is 18.6 Å². The number of nitrogens with one attached hydrogen (secondary N) is 1. The molecule has 0 saturated carbocycles. The topological polar surface area (TPSA) is 92.3 Å². The molecule has 0 aliphatic heterocycles. The summed E-state index contributed by atoms with van der Waals surface area (Å²) in [6.45, 7) is 1.81. The van der Waals surface area contributed by atoms with E-state index in [0.29, 0.717) is 17.1 Å². The minimum atomic E-state index is -1.06. The van der Waals surface area contributed by atoms with Crippen LogP contribution >= 0.6 is 0 Å². The van der Waals surface area contributed by atoms with Gasteiger partial charge in [0.05, 0.1) is 17.0 Å². The monoisotopic (exact) mass is 462 g/mol. The number of aromatic amines is 1. The number of rotatable bonds is 8. The largest absolute Gasteiger partial charge is 0.478 e. The number of H-pyrrole nitrogens is 1. The van der Waals surface area contributed by atoms with Crippen LogP contribution in [0.2, 0.25) is 0 Å². The number of aromatic carboxylic acids is 1. The van der Waals surface area contributed by atoms with Crippen LogP contribution in [0.25, 0.3) is 11.4 Å². The van der Waals surface area contributed by atoms with E-state index in [0.717, 1.165) is 5.56 Å². The summed E-state index contributed by atoms with van der Waals surface area (Å²) in [4.78, 5) is 30.5. The van der Waals surface area contributed by atoms with Crippen molar-refractivity contribution in [1.82, 2.24) is 9.97 Å². The molecule has 6 nitrogen and oxygen atoms in total. The van der Waals surface area contributed by atoms with Gasteiger partial charge in [-0.3, -0.25) is 9.78 Å². The number of carboxylic acid groups (broad SMARTS) is 1. The van der Waals surface area contributed by atoms with Crippen LogP contribution in [0.4, 0.5) is 8.78 Å². The Morgan fingerprint density at radius 3 is 2.44 bits per heavy atom. The molecule has 0 atom stereocenters. The molecule has 172 valence electrons. The minimum Gasteiger partial charge on any atom is -0.478 e. The summed E-state index contributed by atoms with van der Waals surface area (Å²) >= 11 is 0. The molecule has 0 fully saturated rings. The quantitative estimate of drug-likeness (QED) is 0.360. The third-order valence-corrected chi connectivity index (χ3v) is 5.17. The molecule has 4 rings (SSSR count). The number of ether oxygens (including phenoxy) is 1. The van der Waals surface area contributed by atoms with Crippen molar-refractivity contribution in [3.8, 4) is 22.9 Å². The Bertz CT molecular complexity index is 1380. The van der Waals surface area contributed by atoms with Gasteiger partial charge in [0.1, 0.15) is 28.9 Å². The van der Waals surface area contributed by atoms with Crippen molar-refractivity contribution >= 4 is 11.8 Å². The van der Waals surface area contributed by atoms with Gasteiger partial charge >= 0.3 is 5.97 Å². The number of halogens is 2. The maximum absolute atomic E-state index is 14.6. The molecule has 0 aliphatic rings. The zero-order valence-corrected chi connectivity index (χ0v) is 18.1. The number of carbonyl (C=O) groups is 2. The first-order valence-corrected chi connectivity index (χ1v) is 10.4. The second kappa shape index (κ2) is 9.66. The van der Waals surface area contributed by atoms with E-state index in [4.69, 9.17) is 9.84 Å². The van der Waals surface area contributed by atoms with Crippen molar-refractivity contribution < 1.29 is 28.2 Å². The molecule has 0 spiro atoms. The lowest BCUT2D eigenvalue weighted by atomic mass is 10.0. The summed E-state index contributed by atoms with van der Waals surface area (Å²) < 4.78 is 34.3. The fourth-order valence-electron chi connectivity index (χ4n) is 3.48. The van der Waals surface area contributed by atoms with Crippen LogP contribution in [0.5, 0.6) is 11.5 Å². The molecule has 34 heavy (non-hydrogen) atoms. The Hall–Kier alpha value is -4.33. The Kier molecular flexibility index (Phi) is 6.49. The van der Waals surface area contributed by atoms with Gasteiger partial charge in [-0.1, -0.05) is 23.8 Å². The lowest BCUT2D eigenvalue weighted by Crippen LogP contribution is -2.09. The molecule has 2 aromatic heterocycles. The first-order chi connectivity index (χ1) is 16.3. The van der Waals surface area contributed by atoms with E-state index in [9.17, 15) is 18.4 Å². The van der Waals surface area contributed by atoms with Gasteiger partial charge in [0, 0.05) is 37.4 Å². The molecule has 8 heteroatoms. The number of Topliss-reactive ketones (excluding diaryl/α,β-unsaturated/α-hetero) is 1. The smallest absolute Gasteiger partial charge is 0.337 e. The van der Waals surface area contributed by atoms with Gasteiger partial charge in [0.15, 0.2) is 0 Å². The van der Waals surface area contributed by atoms with Gasteiger partial charge in [-0.15, -0.1) is 0 Å². The normalized spacial score (nSPS) is 10.8. The molecule has 0 bridgehead atoms. The lowest BCUT2D eigenvalue weighted by molar-refractivity contribution is -0.117. The van der Waals surface area contributed by atoms with Crippen molar-refractivity contribution in [2.75, 3.05) is 0 Å². The second-order valence-corrected chi connectivity index (χ2v) is 7.83. The Morgan fingerprint density at radius 1 is 0.941 bits per heavy atom. The van der Waals surface area contributed by atoms with E-state index in [-0.39, 0.29) is 41.1 Å². The first-order valence-electron chi connectivity index (χ1n) is 10.4.